The van der Waals surface area contributed by atoms with Crippen molar-refractivity contribution in [2.45, 2.75) is 64.0 Å². The molecule has 0 bridgehead atoms. The van der Waals surface area contributed by atoms with E-state index in [9.17, 15) is 0 Å². The molecular formula is C15H24N2S. The van der Waals surface area contributed by atoms with E-state index >= 15 is 0 Å². The molecule has 100 valence electrons. The predicted molar refractivity (Wildman–Crippen MR) is 76.7 cm³/mol. The Bertz CT molecular complexity index is 373. The van der Waals surface area contributed by atoms with Crippen molar-refractivity contribution >= 4 is 11.3 Å². The second kappa shape index (κ2) is 4.93. The second-order valence-corrected chi connectivity index (χ2v) is 7.31. The molecule has 0 aliphatic heterocycles. The van der Waals surface area contributed by atoms with Gasteiger partial charge in [-0.3, -0.25) is 0 Å². The minimum atomic E-state index is 0.209. The molecule has 2 fully saturated rings. The van der Waals surface area contributed by atoms with Gasteiger partial charge in [-0.2, -0.15) is 0 Å². The molecule has 1 aromatic rings. The maximum atomic E-state index is 4.62. The number of hydrogen-bond donors (Lipinski definition) is 1. The summed E-state index contributed by atoms with van der Waals surface area (Å²) in [5, 5.41) is 7.37. The van der Waals surface area contributed by atoms with Crippen LogP contribution < -0.4 is 5.32 Å². The topological polar surface area (TPSA) is 24.9 Å². The molecule has 2 saturated carbocycles. The van der Waals surface area contributed by atoms with Crippen LogP contribution in [0.4, 0.5) is 0 Å². The summed E-state index contributed by atoms with van der Waals surface area (Å²) >= 11 is 1.83. The van der Waals surface area contributed by atoms with Crippen LogP contribution in [0.5, 0.6) is 0 Å². The summed E-state index contributed by atoms with van der Waals surface area (Å²) < 4.78 is 0. The van der Waals surface area contributed by atoms with Crippen LogP contribution in [0, 0.1) is 11.8 Å². The van der Waals surface area contributed by atoms with Gasteiger partial charge in [-0.25, -0.2) is 4.98 Å². The van der Waals surface area contributed by atoms with Gasteiger partial charge >= 0.3 is 0 Å². The average molecular weight is 264 g/mol. The van der Waals surface area contributed by atoms with Crippen molar-refractivity contribution in [3.8, 4) is 0 Å². The number of thiazole rings is 1. The third kappa shape index (κ3) is 2.48. The number of nitrogens with one attached hydrogen (secondary N) is 1. The number of aromatic nitrogens is 1. The highest BCUT2D eigenvalue weighted by atomic mass is 32.1. The first-order chi connectivity index (χ1) is 8.70. The van der Waals surface area contributed by atoms with Gasteiger partial charge in [-0.1, -0.05) is 13.8 Å². The molecule has 2 aliphatic carbocycles. The summed E-state index contributed by atoms with van der Waals surface area (Å²) in [5.74, 6) is 1.75. The van der Waals surface area contributed by atoms with E-state index in [1.54, 1.807) is 0 Å². The van der Waals surface area contributed by atoms with Crippen LogP contribution in [0.1, 0.15) is 57.4 Å². The van der Waals surface area contributed by atoms with E-state index in [2.05, 4.69) is 29.5 Å². The van der Waals surface area contributed by atoms with Gasteiger partial charge < -0.3 is 5.32 Å². The van der Waals surface area contributed by atoms with E-state index in [0.717, 1.165) is 17.9 Å². The Morgan fingerprint density at radius 3 is 2.50 bits per heavy atom. The summed E-state index contributed by atoms with van der Waals surface area (Å²) in [6.45, 7) is 4.74. The zero-order chi connectivity index (χ0) is 12.6. The molecule has 3 rings (SSSR count). The molecule has 0 aromatic carbocycles. The van der Waals surface area contributed by atoms with E-state index in [0.29, 0.717) is 0 Å². The summed E-state index contributed by atoms with van der Waals surface area (Å²) in [7, 11) is 0. The Morgan fingerprint density at radius 2 is 2.00 bits per heavy atom. The Morgan fingerprint density at radius 1 is 1.28 bits per heavy atom. The van der Waals surface area contributed by atoms with Crippen LogP contribution in [0.2, 0.25) is 0 Å². The van der Waals surface area contributed by atoms with Crippen molar-refractivity contribution in [2.75, 3.05) is 0 Å². The molecule has 0 atom stereocenters. The average Bonchev–Trinajstić information content (AvgIpc) is 2.99. The lowest BCUT2D eigenvalue weighted by Crippen LogP contribution is -2.46. The van der Waals surface area contributed by atoms with Crippen LogP contribution >= 0.6 is 11.3 Å². The molecular weight excluding hydrogens is 240 g/mol. The molecule has 3 heteroatoms. The molecule has 2 nitrogen and oxygen atoms in total. The van der Waals surface area contributed by atoms with Gasteiger partial charge in [0.2, 0.25) is 0 Å². The lowest BCUT2D eigenvalue weighted by Gasteiger charge is -2.41. The summed E-state index contributed by atoms with van der Waals surface area (Å²) in [6.07, 6.45) is 9.96. The van der Waals surface area contributed by atoms with E-state index in [1.807, 2.05) is 17.5 Å². The van der Waals surface area contributed by atoms with Gasteiger partial charge in [0, 0.05) is 17.6 Å². The Hall–Kier alpha value is -0.410. The fraction of sp³-hybridized carbons (Fsp3) is 0.800. The first-order valence-corrected chi connectivity index (χ1v) is 8.25. The van der Waals surface area contributed by atoms with Crippen molar-refractivity contribution in [3.05, 3.63) is 16.6 Å². The van der Waals surface area contributed by atoms with E-state index in [1.165, 1.54) is 43.5 Å². The standard InChI is InChI=1S/C15H24N2S/c1-11(2)12-5-7-15(8-6-12,17-13-3-4-13)14-16-9-10-18-14/h9-13,17H,3-8H2,1-2H3. The van der Waals surface area contributed by atoms with Crippen molar-refractivity contribution in [1.29, 1.82) is 0 Å². The number of nitrogens with zero attached hydrogens (tertiary/aromatic N) is 1. The fourth-order valence-electron chi connectivity index (χ4n) is 3.30. The lowest BCUT2D eigenvalue weighted by molar-refractivity contribution is 0.158. The molecule has 0 unspecified atom stereocenters. The molecule has 0 saturated heterocycles. The molecule has 1 heterocycles. The zero-order valence-electron chi connectivity index (χ0n) is 11.5. The smallest absolute Gasteiger partial charge is 0.113 e. The number of hydrogen-bond acceptors (Lipinski definition) is 3. The summed E-state index contributed by atoms with van der Waals surface area (Å²) in [6, 6.07) is 0.768. The normalized spacial score (nSPS) is 32.9. The first-order valence-electron chi connectivity index (χ1n) is 7.37. The molecule has 0 radical (unpaired) electrons. The molecule has 1 aromatic heterocycles. The monoisotopic (exact) mass is 264 g/mol. The van der Waals surface area contributed by atoms with Crippen LogP contribution in [0.25, 0.3) is 0 Å². The highest BCUT2D eigenvalue weighted by Crippen LogP contribution is 2.44. The summed E-state index contributed by atoms with van der Waals surface area (Å²) in [5.41, 5.74) is 0.209. The first kappa shape index (κ1) is 12.6. The third-order valence-electron chi connectivity index (χ3n) is 4.73. The van der Waals surface area contributed by atoms with Crippen LogP contribution in [0.15, 0.2) is 11.6 Å². The van der Waals surface area contributed by atoms with Crippen molar-refractivity contribution in [2.24, 2.45) is 11.8 Å². The van der Waals surface area contributed by atoms with Gasteiger partial charge in [0.15, 0.2) is 0 Å². The minimum Gasteiger partial charge on any atom is -0.303 e. The fourth-order valence-corrected chi connectivity index (χ4v) is 4.16. The van der Waals surface area contributed by atoms with Crippen LogP contribution in [-0.2, 0) is 5.54 Å². The van der Waals surface area contributed by atoms with Crippen LogP contribution in [-0.4, -0.2) is 11.0 Å². The molecule has 18 heavy (non-hydrogen) atoms. The predicted octanol–water partition coefficient (Wildman–Crippen LogP) is 3.94. The Kier molecular flexibility index (Phi) is 3.46. The molecule has 1 N–H and O–H groups in total. The second-order valence-electron chi connectivity index (χ2n) is 6.42. The quantitative estimate of drug-likeness (QED) is 0.891. The molecule has 0 amide bonds. The van der Waals surface area contributed by atoms with Crippen molar-refractivity contribution < 1.29 is 0 Å². The van der Waals surface area contributed by atoms with E-state index in [4.69, 9.17) is 0 Å². The molecule has 0 spiro atoms. The van der Waals surface area contributed by atoms with Gasteiger partial charge in [-0.05, 0) is 50.4 Å². The number of rotatable bonds is 4. The lowest BCUT2D eigenvalue weighted by atomic mass is 9.73. The molecule has 2 aliphatic rings. The zero-order valence-corrected chi connectivity index (χ0v) is 12.3. The van der Waals surface area contributed by atoms with Gasteiger partial charge in [0.25, 0.3) is 0 Å². The van der Waals surface area contributed by atoms with Crippen LogP contribution in [0.3, 0.4) is 0 Å². The minimum absolute atomic E-state index is 0.209. The Balaban J connectivity index is 1.75. The maximum Gasteiger partial charge on any atom is 0.113 e. The summed E-state index contributed by atoms with van der Waals surface area (Å²) in [4.78, 5) is 4.62. The van der Waals surface area contributed by atoms with E-state index < -0.39 is 0 Å². The highest BCUT2D eigenvalue weighted by Gasteiger charge is 2.42. The van der Waals surface area contributed by atoms with Gasteiger partial charge in [-0.15, -0.1) is 11.3 Å². The highest BCUT2D eigenvalue weighted by molar-refractivity contribution is 7.09. The third-order valence-corrected chi connectivity index (χ3v) is 5.70. The largest absolute Gasteiger partial charge is 0.303 e. The van der Waals surface area contributed by atoms with Crippen molar-refractivity contribution in [1.82, 2.24) is 10.3 Å². The van der Waals surface area contributed by atoms with Gasteiger partial charge in [0.05, 0.1) is 5.54 Å². The van der Waals surface area contributed by atoms with E-state index in [-0.39, 0.29) is 5.54 Å². The van der Waals surface area contributed by atoms with Crippen molar-refractivity contribution in [3.63, 3.8) is 0 Å². The Labute approximate surface area is 114 Å². The maximum absolute atomic E-state index is 4.62. The van der Waals surface area contributed by atoms with Gasteiger partial charge in [0.1, 0.15) is 5.01 Å². The SMILES string of the molecule is CC(C)C1CCC(NC2CC2)(c2nccs2)CC1.